The van der Waals surface area contributed by atoms with Gasteiger partial charge in [0.2, 0.25) is 0 Å². The van der Waals surface area contributed by atoms with Crippen molar-refractivity contribution in [2.24, 2.45) is 39.7 Å². The van der Waals surface area contributed by atoms with Crippen molar-refractivity contribution < 1.29 is 34.5 Å². The third-order valence-electron chi connectivity index (χ3n) is 9.54. The van der Waals surface area contributed by atoms with E-state index in [1.54, 1.807) is 49.4 Å². The number of allylic oxidation sites excluding steroid dienone is 1. The smallest absolute Gasteiger partial charge is 0.361 e. The van der Waals surface area contributed by atoms with Gasteiger partial charge >= 0.3 is 5.97 Å². The Bertz CT molecular complexity index is 1220. The summed E-state index contributed by atoms with van der Waals surface area (Å²) in [6, 6.07) is 8.62. The van der Waals surface area contributed by atoms with Crippen LogP contribution in [0.15, 0.2) is 58.8 Å². The first-order valence-corrected chi connectivity index (χ1v) is 12.8. The van der Waals surface area contributed by atoms with Crippen LogP contribution < -0.4 is 0 Å². The molecule has 5 rings (SSSR count). The number of ether oxygens (including phenoxy) is 1. The van der Waals surface area contributed by atoms with Gasteiger partial charge in [-0.2, -0.15) is 0 Å². The third kappa shape index (κ3) is 3.35. The summed E-state index contributed by atoms with van der Waals surface area (Å²) >= 11 is 0. The molecule has 0 radical (unpaired) electrons. The quantitative estimate of drug-likeness (QED) is 0.241. The van der Waals surface area contributed by atoms with E-state index in [2.05, 4.69) is 19.0 Å². The normalized spacial score (nSPS) is 39.9. The summed E-state index contributed by atoms with van der Waals surface area (Å²) in [4.78, 5) is 32.7. The average Bonchev–Trinajstić information content (AvgIpc) is 3.36. The molecule has 0 heterocycles. The number of fused-ring (bicyclic) bond motifs is 3. The van der Waals surface area contributed by atoms with E-state index in [0.717, 1.165) is 0 Å². The van der Waals surface area contributed by atoms with Gasteiger partial charge in [-0.3, -0.25) is 4.79 Å². The number of ketones is 1. The van der Waals surface area contributed by atoms with Crippen molar-refractivity contribution in [2.45, 2.75) is 51.9 Å². The lowest BCUT2D eigenvalue weighted by molar-refractivity contribution is -0.200. The molecule has 1 spiro atoms. The van der Waals surface area contributed by atoms with Crippen LogP contribution in [0.3, 0.4) is 0 Å². The molecule has 1 aromatic rings. The number of aliphatic hydroxyl groups excluding tert-OH is 2. The molecule has 4 aliphatic rings. The van der Waals surface area contributed by atoms with Crippen molar-refractivity contribution in [1.82, 2.24) is 0 Å². The van der Waals surface area contributed by atoms with E-state index in [-0.39, 0.29) is 40.2 Å². The first kappa shape index (κ1) is 25.8. The number of esters is 1. The maximum absolute atomic E-state index is 14.4. The summed E-state index contributed by atoms with van der Waals surface area (Å²) in [5, 5.41) is 38.2. The molecule has 2 bridgehead atoms. The molecule has 8 atom stereocenters. The molecule has 0 unspecified atom stereocenters. The fourth-order valence-electron chi connectivity index (χ4n) is 7.65. The summed E-state index contributed by atoms with van der Waals surface area (Å²) in [6.45, 7) is 7.36. The number of hydrogen-bond acceptors (Lipinski definition) is 8. The first-order valence-electron chi connectivity index (χ1n) is 12.8. The fraction of sp³-hybridized carbons (Fsp3) is 0.552. The topological polar surface area (TPSA) is 126 Å². The van der Waals surface area contributed by atoms with Crippen LogP contribution in [0.1, 0.15) is 39.7 Å². The van der Waals surface area contributed by atoms with Gasteiger partial charge in [-0.25, -0.2) is 4.79 Å². The molecule has 4 aliphatic carbocycles. The van der Waals surface area contributed by atoms with Crippen LogP contribution in [-0.4, -0.2) is 64.3 Å². The summed E-state index contributed by atoms with van der Waals surface area (Å²) < 4.78 is 5.90. The van der Waals surface area contributed by atoms with Gasteiger partial charge in [0, 0.05) is 11.5 Å². The third-order valence-corrected chi connectivity index (χ3v) is 9.54. The lowest BCUT2D eigenvalue weighted by Gasteiger charge is -2.48. The second kappa shape index (κ2) is 8.61. The van der Waals surface area contributed by atoms with Gasteiger partial charge in [-0.15, -0.1) is 0 Å². The number of oxime groups is 1. The second-order valence-electron chi connectivity index (χ2n) is 11.6. The Hall–Kier alpha value is -2.81. The Morgan fingerprint density at radius 2 is 1.89 bits per heavy atom. The van der Waals surface area contributed by atoms with E-state index in [1.165, 1.54) is 7.11 Å². The minimum absolute atomic E-state index is 0.0479. The maximum atomic E-state index is 14.4. The van der Waals surface area contributed by atoms with Crippen LogP contribution in [0.2, 0.25) is 0 Å². The second-order valence-corrected chi connectivity index (χ2v) is 11.6. The highest BCUT2D eigenvalue weighted by atomic mass is 16.6. The molecular formula is C29H35NO7. The first-order chi connectivity index (χ1) is 17.5. The zero-order valence-electron chi connectivity index (χ0n) is 21.8. The fourth-order valence-corrected chi connectivity index (χ4v) is 7.65. The van der Waals surface area contributed by atoms with E-state index in [1.807, 2.05) is 6.92 Å². The highest BCUT2D eigenvalue weighted by molar-refractivity contribution is 6.43. The standard InChI is InChI=1S/C29H35NO7/c1-15-13-28-16(2)11-20-21(27(20,3)4)19(24(28)33)12-18(14-31)23(32)29(28,35)25(15)37-26(34)22(30-36-5)17-9-7-6-8-10-17/h6-10,12-13,16,19-21,23,25,31-32,35H,11,14H2,1-5H3/b30-22-/t16-,19+,20-,21+,23-,25+,28+,29+/m1/s1. The number of carbonyl (C=O) groups excluding carboxylic acids is 2. The van der Waals surface area contributed by atoms with Crippen LogP contribution in [0.25, 0.3) is 0 Å². The summed E-state index contributed by atoms with van der Waals surface area (Å²) in [7, 11) is 1.31. The Labute approximate surface area is 216 Å². The van der Waals surface area contributed by atoms with Gasteiger partial charge in [-0.05, 0) is 47.7 Å². The number of nitrogens with zero attached hydrogens (tertiary/aromatic N) is 1. The van der Waals surface area contributed by atoms with E-state index in [4.69, 9.17) is 9.57 Å². The van der Waals surface area contributed by atoms with Crippen molar-refractivity contribution in [3.63, 3.8) is 0 Å². The SMILES string of the molecule is CO/N=C(\C(=O)O[C@H]1C(C)=C[C@]23C(=O)[C@@H](C=C(CO)[C@@H](O)[C@]12O)[C@H]1[C@@H](C[C@H]3C)C1(C)C)c1ccccc1. The number of hydrogen-bond donors (Lipinski definition) is 3. The minimum atomic E-state index is -2.21. The number of carbonyl (C=O) groups is 2. The molecule has 37 heavy (non-hydrogen) atoms. The molecule has 0 aromatic heterocycles. The maximum Gasteiger partial charge on any atom is 0.361 e. The van der Waals surface area contributed by atoms with Gasteiger partial charge in [0.25, 0.3) is 0 Å². The molecule has 0 amide bonds. The Balaban J connectivity index is 1.61. The number of Topliss-reactive ketones (excluding diaryl/α,β-unsaturated/α-hetero) is 1. The van der Waals surface area contributed by atoms with Crippen LogP contribution in [0, 0.1) is 34.5 Å². The highest BCUT2D eigenvalue weighted by Crippen LogP contribution is 2.71. The summed E-state index contributed by atoms with van der Waals surface area (Å²) in [6.07, 6.45) is 1.07. The molecule has 3 N–H and O–H groups in total. The van der Waals surface area contributed by atoms with Crippen LogP contribution >= 0.6 is 0 Å². The predicted octanol–water partition coefficient (Wildman–Crippen LogP) is 2.42. The molecule has 2 saturated carbocycles. The van der Waals surface area contributed by atoms with Crippen molar-refractivity contribution >= 4 is 17.5 Å². The molecule has 0 saturated heterocycles. The molecule has 2 fully saturated rings. The molecule has 198 valence electrons. The van der Waals surface area contributed by atoms with Gasteiger partial charge < -0.3 is 24.9 Å². The lowest BCUT2D eigenvalue weighted by Crippen LogP contribution is -2.66. The summed E-state index contributed by atoms with van der Waals surface area (Å²) in [5.41, 5.74) is -2.79. The van der Waals surface area contributed by atoms with Crippen molar-refractivity contribution in [3.05, 3.63) is 59.2 Å². The van der Waals surface area contributed by atoms with E-state index in [9.17, 15) is 24.9 Å². The number of benzene rings is 1. The Kier molecular flexibility index (Phi) is 6.01. The van der Waals surface area contributed by atoms with Crippen LogP contribution in [0.5, 0.6) is 0 Å². The van der Waals surface area contributed by atoms with Gasteiger partial charge in [0.15, 0.2) is 23.2 Å². The van der Waals surface area contributed by atoms with Crippen molar-refractivity contribution in [2.75, 3.05) is 13.7 Å². The van der Waals surface area contributed by atoms with Crippen LogP contribution in [0.4, 0.5) is 0 Å². The largest absolute Gasteiger partial charge is 0.450 e. The minimum Gasteiger partial charge on any atom is -0.450 e. The van der Waals surface area contributed by atoms with E-state index in [0.29, 0.717) is 17.6 Å². The van der Waals surface area contributed by atoms with E-state index >= 15 is 0 Å². The Morgan fingerprint density at radius 3 is 2.51 bits per heavy atom. The van der Waals surface area contributed by atoms with Gasteiger partial charge in [0.05, 0.1) is 12.0 Å². The molecule has 0 aliphatic heterocycles. The summed E-state index contributed by atoms with van der Waals surface area (Å²) in [5.74, 6) is -1.66. The lowest BCUT2D eigenvalue weighted by atomic mass is 9.59. The van der Waals surface area contributed by atoms with E-state index < -0.39 is 41.7 Å². The molecule has 1 aromatic carbocycles. The predicted molar refractivity (Wildman–Crippen MR) is 135 cm³/mol. The average molecular weight is 510 g/mol. The zero-order chi connectivity index (χ0) is 26.9. The van der Waals surface area contributed by atoms with Gasteiger partial charge in [0.1, 0.15) is 13.2 Å². The molecule has 8 heteroatoms. The van der Waals surface area contributed by atoms with Crippen molar-refractivity contribution in [1.29, 1.82) is 0 Å². The van der Waals surface area contributed by atoms with Crippen molar-refractivity contribution in [3.8, 4) is 0 Å². The molecule has 8 nitrogen and oxygen atoms in total. The highest BCUT2D eigenvalue weighted by Gasteiger charge is 2.76. The number of aliphatic hydroxyl groups is 3. The van der Waals surface area contributed by atoms with Gasteiger partial charge in [-0.1, -0.05) is 68.4 Å². The van der Waals surface area contributed by atoms with Crippen LogP contribution in [-0.2, 0) is 19.2 Å². The zero-order valence-corrected chi connectivity index (χ0v) is 21.8. The Morgan fingerprint density at radius 1 is 1.22 bits per heavy atom. The monoisotopic (exact) mass is 509 g/mol. The number of rotatable bonds is 5. The molecular weight excluding hydrogens is 474 g/mol.